The molecule has 1 fully saturated rings. The highest BCUT2D eigenvalue weighted by molar-refractivity contribution is 5.95. The molecule has 0 aliphatic carbocycles. The van der Waals surface area contributed by atoms with Gasteiger partial charge in [0.15, 0.2) is 11.6 Å². The lowest BCUT2D eigenvalue weighted by Crippen LogP contribution is -2.37. The van der Waals surface area contributed by atoms with Gasteiger partial charge < -0.3 is 14.5 Å². The molecule has 6 nitrogen and oxygen atoms in total. The van der Waals surface area contributed by atoms with Crippen LogP contribution in [0.1, 0.15) is 27.3 Å². The van der Waals surface area contributed by atoms with Gasteiger partial charge in [0.05, 0.1) is 7.11 Å². The second kappa shape index (κ2) is 7.95. The molecule has 136 valence electrons. The van der Waals surface area contributed by atoms with Gasteiger partial charge in [-0.3, -0.25) is 14.6 Å². The Morgan fingerprint density at radius 2 is 1.77 bits per heavy atom. The summed E-state index contributed by atoms with van der Waals surface area (Å²) in [5.41, 5.74) is 0.664. The smallest absolute Gasteiger partial charge is 0.272 e. The molecule has 26 heavy (non-hydrogen) atoms. The molecular weight excluding hydrogens is 337 g/mol. The van der Waals surface area contributed by atoms with E-state index in [0.717, 1.165) is 0 Å². The first kappa shape index (κ1) is 17.8. The third-order valence-electron chi connectivity index (χ3n) is 4.35. The summed E-state index contributed by atoms with van der Waals surface area (Å²) < 4.78 is 18.7. The third-order valence-corrected chi connectivity index (χ3v) is 4.35. The van der Waals surface area contributed by atoms with Crippen LogP contribution < -0.4 is 4.74 Å². The van der Waals surface area contributed by atoms with Gasteiger partial charge in [0.1, 0.15) is 5.69 Å². The van der Waals surface area contributed by atoms with Crippen LogP contribution in [0.3, 0.4) is 0 Å². The van der Waals surface area contributed by atoms with E-state index in [2.05, 4.69) is 4.98 Å². The van der Waals surface area contributed by atoms with Crippen LogP contribution in [0.2, 0.25) is 0 Å². The van der Waals surface area contributed by atoms with Crippen LogP contribution in [0.4, 0.5) is 4.39 Å². The first-order valence-electron chi connectivity index (χ1n) is 8.43. The molecule has 2 aromatic rings. The number of carbonyl (C=O) groups is 2. The number of amides is 2. The summed E-state index contributed by atoms with van der Waals surface area (Å²) in [6.07, 6.45) is 2.24. The third kappa shape index (κ3) is 3.82. The molecule has 3 rings (SSSR count). The Morgan fingerprint density at radius 3 is 2.38 bits per heavy atom. The Kier molecular flexibility index (Phi) is 5.46. The van der Waals surface area contributed by atoms with Gasteiger partial charge in [0.2, 0.25) is 0 Å². The molecule has 0 spiro atoms. The van der Waals surface area contributed by atoms with Gasteiger partial charge in [0, 0.05) is 37.9 Å². The van der Waals surface area contributed by atoms with E-state index >= 15 is 0 Å². The number of carbonyl (C=O) groups excluding carboxylic acids is 2. The number of hydrogen-bond acceptors (Lipinski definition) is 4. The van der Waals surface area contributed by atoms with E-state index in [4.69, 9.17) is 4.74 Å². The summed E-state index contributed by atoms with van der Waals surface area (Å²) in [5.74, 6) is -0.862. The molecule has 0 radical (unpaired) electrons. The van der Waals surface area contributed by atoms with Gasteiger partial charge in [-0.1, -0.05) is 6.07 Å². The van der Waals surface area contributed by atoms with Gasteiger partial charge in [-0.15, -0.1) is 0 Å². The van der Waals surface area contributed by atoms with E-state index < -0.39 is 5.82 Å². The van der Waals surface area contributed by atoms with Gasteiger partial charge in [-0.05, 0) is 36.8 Å². The summed E-state index contributed by atoms with van der Waals surface area (Å²) in [6.45, 7) is 1.87. The zero-order chi connectivity index (χ0) is 18.5. The lowest BCUT2D eigenvalue weighted by Gasteiger charge is -2.22. The standard InChI is InChI=1S/C19H20FN3O3/c1-26-17-7-6-14(13-15(17)20)18(24)22-9-4-10-23(12-11-22)19(25)16-5-2-3-8-21-16/h2-3,5-8,13H,4,9-12H2,1H3. The molecule has 1 aliphatic heterocycles. The van der Waals surface area contributed by atoms with Crippen LogP contribution in [-0.2, 0) is 0 Å². The topological polar surface area (TPSA) is 62.7 Å². The highest BCUT2D eigenvalue weighted by Gasteiger charge is 2.24. The maximum absolute atomic E-state index is 13.9. The second-order valence-corrected chi connectivity index (χ2v) is 6.00. The van der Waals surface area contributed by atoms with E-state index in [0.29, 0.717) is 38.3 Å². The molecule has 1 aliphatic rings. The molecule has 0 saturated carbocycles. The SMILES string of the molecule is COc1ccc(C(=O)N2CCCN(C(=O)c3ccccn3)CC2)cc1F. The Hall–Kier alpha value is -2.96. The lowest BCUT2D eigenvalue weighted by molar-refractivity contribution is 0.0715. The first-order chi connectivity index (χ1) is 12.6. The summed E-state index contributed by atoms with van der Waals surface area (Å²) >= 11 is 0. The minimum Gasteiger partial charge on any atom is -0.494 e. The largest absolute Gasteiger partial charge is 0.494 e. The fourth-order valence-electron chi connectivity index (χ4n) is 2.96. The maximum atomic E-state index is 13.9. The van der Waals surface area contributed by atoms with Crippen molar-refractivity contribution in [2.75, 3.05) is 33.3 Å². The number of halogens is 1. The number of nitrogens with zero attached hydrogens (tertiary/aromatic N) is 3. The van der Waals surface area contributed by atoms with Crippen LogP contribution in [0.15, 0.2) is 42.6 Å². The predicted octanol–water partition coefficient (Wildman–Crippen LogP) is 2.22. The van der Waals surface area contributed by atoms with Crippen molar-refractivity contribution in [1.82, 2.24) is 14.8 Å². The van der Waals surface area contributed by atoms with Gasteiger partial charge in [0.25, 0.3) is 11.8 Å². The second-order valence-electron chi connectivity index (χ2n) is 6.00. The summed E-state index contributed by atoms with van der Waals surface area (Å²) in [5, 5.41) is 0. The van der Waals surface area contributed by atoms with Crippen LogP contribution in [0.25, 0.3) is 0 Å². The summed E-state index contributed by atoms with van der Waals surface area (Å²) in [7, 11) is 1.38. The van der Waals surface area contributed by atoms with Crippen LogP contribution in [-0.4, -0.2) is 59.9 Å². The van der Waals surface area contributed by atoms with Crippen molar-refractivity contribution in [3.8, 4) is 5.75 Å². The number of rotatable bonds is 3. The molecule has 2 amide bonds. The molecule has 0 N–H and O–H groups in total. The van der Waals surface area contributed by atoms with Crippen molar-refractivity contribution in [3.63, 3.8) is 0 Å². The van der Waals surface area contributed by atoms with Crippen molar-refractivity contribution >= 4 is 11.8 Å². The van der Waals surface area contributed by atoms with Gasteiger partial charge in [-0.25, -0.2) is 4.39 Å². The Labute approximate surface area is 151 Å². The molecule has 0 bridgehead atoms. The van der Waals surface area contributed by atoms with E-state index in [-0.39, 0.29) is 23.1 Å². The Balaban J connectivity index is 1.67. The fraction of sp³-hybridized carbons (Fsp3) is 0.316. The fourth-order valence-corrected chi connectivity index (χ4v) is 2.96. The normalized spacial score (nSPS) is 14.7. The number of ether oxygens (including phenoxy) is 1. The average molecular weight is 357 g/mol. The Bertz CT molecular complexity index is 798. The first-order valence-corrected chi connectivity index (χ1v) is 8.43. The van der Waals surface area contributed by atoms with Crippen LogP contribution in [0.5, 0.6) is 5.75 Å². The highest BCUT2D eigenvalue weighted by atomic mass is 19.1. The number of hydrogen-bond donors (Lipinski definition) is 0. The van der Waals surface area contributed by atoms with E-state index in [9.17, 15) is 14.0 Å². The quantitative estimate of drug-likeness (QED) is 0.845. The molecular formula is C19H20FN3O3. The zero-order valence-corrected chi connectivity index (χ0v) is 14.5. The highest BCUT2D eigenvalue weighted by Crippen LogP contribution is 2.19. The Morgan fingerprint density at radius 1 is 1.04 bits per heavy atom. The summed E-state index contributed by atoms with van der Waals surface area (Å²) in [6, 6.07) is 9.38. The zero-order valence-electron chi connectivity index (χ0n) is 14.5. The minimum absolute atomic E-state index is 0.101. The monoisotopic (exact) mass is 357 g/mol. The summed E-state index contributed by atoms with van der Waals surface area (Å²) in [4.78, 5) is 32.6. The predicted molar refractivity (Wildman–Crippen MR) is 93.6 cm³/mol. The molecule has 0 unspecified atom stereocenters. The van der Waals surface area contributed by atoms with Gasteiger partial charge in [-0.2, -0.15) is 0 Å². The van der Waals surface area contributed by atoms with Crippen molar-refractivity contribution in [1.29, 1.82) is 0 Å². The van der Waals surface area contributed by atoms with Crippen molar-refractivity contribution in [2.45, 2.75) is 6.42 Å². The van der Waals surface area contributed by atoms with Crippen LogP contribution in [0, 0.1) is 5.82 Å². The van der Waals surface area contributed by atoms with Gasteiger partial charge >= 0.3 is 0 Å². The maximum Gasteiger partial charge on any atom is 0.272 e. The number of pyridine rings is 1. The molecule has 1 saturated heterocycles. The molecule has 1 aromatic carbocycles. The number of benzene rings is 1. The van der Waals surface area contributed by atoms with Crippen molar-refractivity contribution in [2.24, 2.45) is 0 Å². The van der Waals surface area contributed by atoms with Crippen LogP contribution >= 0.6 is 0 Å². The number of aromatic nitrogens is 1. The molecule has 2 heterocycles. The van der Waals surface area contributed by atoms with E-state index in [1.54, 1.807) is 40.3 Å². The van der Waals surface area contributed by atoms with E-state index in [1.807, 2.05) is 0 Å². The molecule has 1 aromatic heterocycles. The van der Waals surface area contributed by atoms with E-state index in [1.165, 1.54) is 19.2 Å². The lowest BCUT2D eigenvalue weighted by atomic mass is 10.1. The minimum atomic E-state index is -0.569. The molecule has 0 atom stereocenters. The van der Waals surface area contributed by atoms with Crippen molar-refractivity contribution < 1.29 is 18.7 Å². The molecule has 7 heteroatoms. The average Bonchev–Trinajstić information content (AvgIpc) is 2.93. The van der Waals surface area contributed by atoms with Crippen molar-refractivity contribution in [3.05, 3.63) is 59.7 Å². The number of methoxy groups -OCH3 is 1.